The van der Waals surface area contributed by atoms with E-state index in [4.69, 9.17) is 11.6 Å². The molecule has 0 bridgehead atoms. The largest absolute Gasteiger partial charge is 0.385 e. The summed E-state index contributed by atoms with van der Waals surface area (Å²) in [5, 5.41) is 4.14. The first-order chi connectivity index (χ1) is 8.25. The van der Waals surface area contributed by atoms with E-state index in [2.05, 4.69) is 10.3 Å². The highest BCUT2D eigenvalue weighted by Gasteiger charge is 1.98. The number of aromatic nitrogens is 1. The third-order valence-electron chi connectivity index (χ3n) is 2.61. The van der Waals surface area contributed by atoms with Crippen LogP contribution >= 0.6 is 11.6 Å². The van der Waals surface area contributed by atoms with Gasteiger partial charge < -0.3 is 5.32 Å². The fourth-order valence-electron chi connectivity index (χ4n) is 1.58. The summed E-state index contributed by atoms with van der Waals surface area (Å²) in [6.45, 7) is 2.86. The Labute approximate surface area is 107 Å². The summed E-state index contributed by atoms with van der Waals surface area (Å²) >= 11 is 6.06. The molecule has 0 fully saturated rings. The Balaban J connectivity index is 1.88. The van der Waals surface area contributed by atoms with E-state index in [1.807, 2.05) is 49.5 Å². The Kier molecular flexibility index (Phi) is 3.99. The number of aryl methyl sites for hydroxylation is 1. The van der Waals surface area contributed by atoms with Gasteiger partial charge in [0.1, 0.15) is 0 Å². The molecule has 2 rings (SSSR count). The summed E-state index contributed by atoms with van der Waals surface area (Å²) in [7, 11) is 0. The monoisotopic (exact) mass is 246 g/mol. The van der Waals surface area contributed by atoms with Crippen molar-refractivity contribution in [3.05, 3.63) is 58.9 Å². The number of benzene rings is 1. The minimum Gasteiger partial charge on any atom is -0.385 e. The van der Waals surface area contributed by atoms with Gasteiger partial charge in [0.15, 0.2) is 0 Å². The van der Waals surface area contributed by atoms with Crippen molar-refractivity contribution in [2.75, 3.05) is 11.9 Å². The first-order valence-corrected chi connectivity index (χ1v) is 6.03. The van der Waals surface area contributed by atoms with Crippen molar-refractivity contribution in [2.45, 2.75) is 13.3 Å². The van der Waals surface area contributed by atoms with Gasteiger partial charge in [0.05, 0.1) is 0 Å². The van der Waals surface area contributed by atoms with Crippen molar-refractivity contribution >= 4 is 17.3 Å². The molecule has 1 aromatic heterocycles. The lowest BCUT2D eigenvalue weighted by Crippen LogP contribution is -2.05. The zero-order valence-electron chi connectivity index (χ0n) is 9.78. The quantitative estimate of drug-likeness (QED) is 0.890. The molecule has 2 nitrogen and oxygen atoms in total. The number of anilines is 1. The predicted molar refractivity (Wildman–Crippen MR) is 72.6 cm³/mol. The van der Waals surface area contributed by atoms with Gasteiger partial charge in [-0.1, -0.05) is 23.7 Å². The Morgan fingerprint density at radius 3 is 2.82 bits per heavy atom. The first kappa shape index (κ1) is 11.9. The molecule has 0 radical (unpaired) electrons. The molecule has 1 N–H and O–H groups in total. The Bertz CT molecular complexity index is 483. The fourth-order valence-corrected chi connectivity index (χ4v) is 1.76. The van der Waals surface area contributed by atoms with Crippen molar-refractivity contribution in [3.63, 3.8) is 0 Å². The van der Waals surface area contributed by atoms with Gasteiger partial charge in [0, 0.05) is 35.6 Å². The zero-order chi connectivity index (χ0) is 12.1. The van der Waals surface area contributed by atoms with Crippen LogP contribution in [0.25, 0.3) is 0 Å². The summed E-state index contributed by atoms with van der Waals surface area (Å²) < 4.78 is 0. The van der Waals surface area contributed by atoms with Gasteiger partial charge in [0.25, 0.3) is 0 Å². The predicted octanol–water partition coefficient (Wildman–Crippen LogP) is 3.70. The minimum absolute atomic E-state index is 0.799. The molecule has 0 amide bonds. The van der Waals surface area contributed by atoms with Crippen LogP contribution in [0.1, 0.15) is 11.3 Å². The maximum Gasteiger partial charge on any atom is 0.0455 e. The molecule has 88 valence electrons. The SMILES string of the molecule is Cc1ccc(NCCc2ccccn2)cc1Cl. The van der Waals surface area contributed by atoms with Crippen molar-refractivity contribution in [2.24, 2.45) is 0 Å². The van der Waals surface area contributed by atoms with E-state index in [1.165, 1.54) is 0 Å². The van der Waals surface area contributed by atoms with Crippen molar-refractivity contribution in [1.82, 2.24) is 4.98 Å². The molecule has 1 aromatic carbocycles. The molecule has 1 heterocycles. The number of pyridine rings is 1. The van der Waals surface area contributed by atoms with E-state index in [9.17, 15) is 0 Å². The van der Waals surface area contributed by atoms with Gasteiger partial charge in [-0.2, -0.15) is 0 Å². The zero-order valence-corrected chi connectivity index (χ0v) is 10.5. The highest BCUT2D eigenvalue weighted by atomic mass is 35.5. The summed E-state index contributed by atoms with van der Waals surface area (Å²) in [6, 6.07) is 12.0. The summed E-state index contributed by atoms with van der Waals surface area (Å²) in [5.74, 6) is 0. The van der Waals surface area contributed by atoms with Crippen LogP contribution in [0.2, 0.25) is 5.02 Å². The molecule has 0 unspecified atom stereocenters. The number of halogens is 1. The van der Waals surface area contributed by atoms with Crippen molar-refractivity contribution < 1.29 is 0 Å². The van der Waals surface area contributed by atoms with E-state index < -0.39 is 0 Å². The van der Waals surface area contributed by atoms with Gasteiger partial charge in [-0.15, -0.1) is 0 Å². The topological polar surface area (TPSA) is 24.9 Å². The smallest absolute Gasteiger partial charge is 0.0455 e. The minimum atomic E-state index is 0.799. The maximum absolute atomic E-state index is 6.06. The molecule has 0 saturated carbocycles. The molecular formula is C14H15ClN2. The Morgan fingerprint density at radius 1 is 1.24 bits per heavy atom. The number of hydrogen-bond acceptors (Lipinski definition) is 2. The standard InChI is InChI=1S/C14H15ClN2/c1-11-5-6-13(10-14(11)15)17-9-7-12-4-2-3-8-16-12/h2-6,8,10,17H,7,9H2,1H3. The maximum atomic E-state index is 6.06. The van der Waals surface area contributed by atoms with Crippen LogP contribution in [0.15, 0.2) is 42.6 Å². The molecule has 3 heteroatoms. The molecule has 2 aromatic rings. The third kappa shape index (κ3) is 3.46. The van der Waals surface area contributed by atoms with Crippen LogP contribution in [0.3, 0.4) is 0 Å². The average molecular weight is 247 g/mol. The molecule has 17 heavy (non-hydrogen) atoms. The lowest BCUT2D eigenvalue weighted by atomic mass is 10.2. The molecule has 0 saturated heterocycles. The highest BCUT2D eigenvalue weighted by molar-refractivity contribution is 6.31. The molecule has 0 aliphatic rings. The van der Waals surface area contributed by atoms with Crippen LogP contribution in [0.5, 0.6) is 0 Å². The van der Waals surface area contributed by atoms with Gasteiger partial charge in [-0.25, -0.2) is 0 Å². The Hall–Kier alpha value is -1.54. The van der Waals surface area contributed by atoms with E-state index in [1.54, 1.807) is 0 Å². The second-order valence-electron chi connectivity index (χ2n) is 3.96. The van der Waals surface area contributed by atoms with E-state index >= 15 is 0 Å². The second kappa shape index (κ2) is 5.69. The summed E-state index contributed by atoms with van der Waals surface area (Å²) in [5.41, 5.74) is 3.25. The number of rotatable bonds is 4. The van der Waals surface area contributed by atoms with E-state index in [0.29, 0.717) is 0 Å². The normalized spacial score (nSPS) is 10.2. The van der Waals surface area contributed by atoms with Crippen LogP contribution in [0.4, 0.5) is 5.69 Å². The van der Waals surface area contributed by atoms with Crippen molar-refractivity contribution in [1.29, 1.82) is 0 Å². The Morgan fingerprint density at radius 2 is 2.12 bits per heavy atom. The van der Waals surface area contributed by atoms with Gasteiger partial charge in [0.2, 0.25) is 0 Å². The van der Waals surface area contributed by atoms with Crippen LogP contribution in [0, 0.1) is 6.92 Å². The molecule has 0 atom stereocenters. The molecule has 0 aliphatic heterocycles. The van der Waals surface area contributed by atoms with Crippen LogP contribution in [-0.4, -0.2) is 11.5 Å². The average Bonchev–Trinajstić information content (AvgIpc) is 2.35. The van der Waals surface area contributed by atoms with Gasteiger partial charge in [-0.05, 0) is 36.8 Å². The third-order valence-corrected chi connectivity index (χ3v) is 3.02. The number of nitrogens with zero attached hydrogens (tertiary/aromatic N) is 1. The van der Waals surface area contributed by atoms with Crippen molar-refractivity contribution in [3.8, 4) is 0 Å². The lowest BCUT2D eigenvalue weighted by molar-refractivity contribution is 0.961. The second-order valence-corrected chi connectivity index (χ2v) is 4.37. The van der Waals surface area contributed by atoms with Crippen LogP contribution in [-0.2, 0) is 6.42 Å². The van der Waals surface area contributed by atoms with Crippen LogP contribution < -0.4 is 5.32 Å². The lowest BCUT2D eigenvalue weighted by Gasteiger charge is -2.07. The number of nitrogens with one attached hydrogen (secondary N) is 1. The summed E-state index contributed by atoms with van der Waals surface area (Å²) in [4.78, 5) is 4.28. The van der Waals surface area contributed by atoms with Gasteiger partial charge in [-0.3, -0.25) is 4.98 Å². The highest BCUT2D eigenvalue weighted by Crippen LogP contribution is 2.19. The summed E-state index contributed by atoms with van der Waals surface area (Å²) in [6.07, 6.45) is 2.73. The van der Waals surface area contributed by atoms with E-state index in [0.717, 1.165) is 34.9 Å². The molecule has 0 spiro atoms. The molecular weight excluding hydrogens is 232 g/mol. The fraction of sp³-hybridized carbons (Fsp3) is 0.214. The first-order valence-electron chi connectivity index (χ1n) is 5.65. The van der Waals surface area contributed by atoms with Gasteiger partial charge >= 0.3 is 0 Å². The van der Waals surface area contributed by atoms with E-state index in [-0.39, 0.29) is 0 Å². The number of hydrogen-bond donors (Lipinski definition) is 1. The molecule has 0 aliphatic carbocycles.